The van der Waals surface area contributed by atoms with Crippen LogP contribution in [0.3, 0.4) is 0 Å². The van der Waals surface area contributed by atoms with E-state index in [1.807, 2.05) is 31.2 Å². The number of carbonyl (C=O) groups excluding carboxylic acids is 3. The summed E-state index contributed by atoms with van der Waals surface area (Å²) in [5.41, 5.74) is 1.82. The Kier molecular flexibility index (Phi) is 9.86. The molecule has 2 bridgehead atoms. The van der Waals surface area contributed by atoms with Crippen molar-refractivity contribution in [3.63, 3.8) is 0 Å². The third-order valence-corrected chi connectivity index (χ3v) is 11.0. The fourth-order valence-corrected chi connectivity index (χ4v) is 9.45. The summed E-state index contributed by atoms with van der Waals surface area (Å²) in [5.74, 6) is -0.979. The number of aliphatic hydroxyl groups is 1. The zero-order valence-corrected chi connectivity index (χ0v) is 24.8. The van der Waals surface area contributed by atoms with Gasteiger partial charge in [-0.2, -0.15) is 0 Å². The molecule has 3 aliphatic heterocycles. The predicted octanol–water partition coefficient (Wildman–Crippen LogP) is 3.89. The van der Waals surface area contributed by atoms with Gasteiger partial charge in [0, 0.05) is 49.4 Å². The Labute approximate surface area is 237 Å². The van der Waals surface area contributed by atoms with Crippen molar-refractivity contribution < 1.29 is 19.5 Å². The molecular weight excluding hydrogens is 512 g/mol. The van der Waals surface area contributed by atoms with Gasteiger partial charge in [-0.1, -0.05) is 26.7 Å². The number of benzene rings is 1. The first kappa shape index (κ1) is 29.7. The maximum absolute atomic E-state index is 14.1. The van der Waals surface area contributed by atoms with E-state index in [-0.39, 0.29) is 35.5 Å². The van der Waals surface area contributed by atoms with Gasteiger partial charge in [0.15, 0.2) is 0 Å². The lowest BCUT2D eigenvalue weighted by Crippen LogP contribution is -2.55. The van der Waals surface area contributed by atoms with Crippen LogP contribution in [0.5, 0.6) is 0 Å². The van der Waals surface area contributed by atoms with Gasteiger partial charge in [0.05, 0.1) is 16.6 Å². The molecule has 3 saturated heterocycles. The van der Waals surface area contributed by atoms with Crippen LogP contribution < -0.4 is 15.5 Å². The summed E-state index contributed by atoms with van der Waals surface area (Å²) in [6.45, 7) is 11.5. The minimum Gasteiger partial charge on any atom is -0.396 e. The van der Waals surface area contributed by atoms with Crippen molar-refractivity contribution in [3.8, 4) is 0 Å². The molecule has 3 heterocycles. The highest BCUT2D eigenvalue weighted by atomic mass is 32.2. The molecule has 3 N–H and O–H groups in total. The smallest absolute Gasteiger partial charge is 0.248 e. The zero-order valence-electron chi connectivity index (χ0n) is 23.9. The maximum atomic E-state index is 14.1. The summed E-state index contributed by atoms with van der Waals surface area (Å²) >= 11 is 1.72. The Morgan fingerprint density at radius 3 is 2.41 bits per heavy atom. The fourth-order valence-electron chi connectivity index (χ4n) is 7.03. The molecule has 6 atom stereocenters. The number of hydrogen-bond donors (Lipinski definition) is 3. The van der Waals surface area contributed by atoms with Crippen LogP contribution in [0.2, 0.25) is 0 Å². The average Bonchev–Trinajstić information content (AvgIpc) is 3.52. The molecule has 3 fully saturated rings. The molecule has 8 nitrogen and oxygen atoms in total. The molecule has 3 amide bonds. The number of fused-ring (bicyclic) bond motifs is 1. The lowest BCUT2D eigenvalue weighted by Gasteiger charge is -2.38. The second-order valence-corrected chi connectivity index (χ2v) is 12.8. The Hall–Kier alpha value is -2.26. The lowest BCUT2D eigenvalue weighted by molar-refractivity contribution is -0.139. The summed E-state index contributed by atoms with van der Waals surface area (Å²) in [6, 6.07) is 7.29. The van der Waals surface area contributed by atoms with Crippen molar-refractivity contribution in [1.29, 1.82) is 0 Å². The monoisotopic (exact) mass is 558 g/mol. The number of hydrogen-bond acceptors (Lipinski definition) is 6. The van der Waals surface area contributed by atoms with Crippen LogP contribution in [0.4, 0.5) is 11.4 Å². The van der Waals surface area contributed by atoms with Crippen molar-refractivity contribution in [1.82, 2.24) is 10.2 Å². The van der Waals surface area contributed by atoms with Gasteiger partial charge in [0.25, 0.3) is 0 Å². The van der Waals surface area contributed by atoms with Crippen molar-refractivity contribution in [2.24, 2.45) is 17.8 Å². The van der Waals surface area contributed by atoms with Gasteiger partial charge < -0.3 is 25.5 Å². The maximum Gasteiger partial charge on any atom is 0.248 e. The van der Waals surface area contributed by atoms with Crippen LogP contribution in [0, 0.1) is 17.8 Å². The standard InChI is InChI=1S/C30H46N4O4S/c1-5-16-31-27(36)24-23-19-20(4)30(39-23)25(24)29(38)34(17-10-8-9-11-18-35)26(30)28(37)32-21-12-14-22(15-13-21)33(6-2)7-3/h12-15,20,23-26,35H,5-11,16-19H2,1-4H3,(H,31,36)(H,32,37)/t20?,23-,24+,25-,26?,30?/m0/s1. The molecule has 4 rings (SSSR count). The molecule has 1 spiro atoms. The first-order valence-electron chi connectivity index (χ1n) is 14.9. The molecular formula is C30H46N4O4S. The van der Waals surface area contributed by atoms with Crippen LogP contribution >= 0.6 is 11.8 Å². The SMILES string of the molecule is CCCNC(=O)[C@@H]1[C@@H]2CC(C)C3(S2)C(C(=O)Nc2ccc(N(CC)CC)cc2)N(CCCCCCO)C(=O)[C@H]13. The third-order valence-electron chi connectivity index (χ3n) is 8.92. The average molecular weight is 559 g/mol. The molecule has 216 valence electrons. The Morgan fingerprint density at radius 2 is 1.77 bits per heavy atom. The van der Waals surface area contributed by atoms with Gasteiger partial charge >= 0.3 is 0 Å². The minimum absolute atomic E-state index is 0.0441. The topological polar surface area (TPSA) is 102 Å². The van der Waals surface area contributed by atoms with E-state index in [1.165, 1.54) is 0 Å². The molecule has 0 aliphatic carbocycles. The first-order chi connectivity index (χ1) is 18.8. The molecule has 3 aliphatic rings. The van der Waals surface area contributed by atoms with Gasteiger partial charge in [-0.3, -0.25) is 14.4 Å². The van der Waals surface area contributed by atoms with Gasteiger partial charge in [-0.15, -0.1) is 11.8 Å². The van der Waals surface area contributed by atoms with E-state index in [0.29, 0.717) is 18.8 Å². The molecule has 39 heavy (non-hydrogen) atoms. The highest BCUT2D eigenvalue weighted by molar-refractivity contribution is 8.02. The summed E-state index contributed by atoms with van der Waals surface area (Å²) in [6.07, 6.45) is 4.96. The van der Waals surface area contributed by atoms with E-state index in [2.05, 4.69) is 36.3 Å². The van der Waals surface area contributed by atoms with Crippen molar-refractivity contribution in [2.45, 2.75) is 82.3 Å². The molecule has 9 heteroatoms. The number of unbranched alkanes of at least 4 members (excludes halogenated alkanes) is 3. The number of anilines is 2. The van der Waals surface area contributed by atoms with Gasteiger partial charge in [0.2, 0.25) is 17.7 Å². The molecule has 3 unspecified atom stereocenters. The number of likely N-dealkylation sites (tertiary alicyclic amines) is 1. The summed E-state index contributed by atoms with van der Waals surface area (Å²) < 4.78 is -0.605. The predicted molar refractivity (Wildman–Crippen MR) is 158 cm³/mol. The second-order valence-electron chi connectivity index (χ2n) is 11.2. The lowest BCUT2D eigenvalue weighted by atomic mass is 9.66. The van der Waals surface area contributed by atoms with E-state index in [0.717, 1.165) is 57.3 Å². The quantitative estimate of drug-likeness (QED) is 0.300. The highest BCUT2D eigenvalue weighted by Gasteiger charge is 2.75. The Balaban J connectivity index is 1.61. The highest BCUT2D eigenvalue weighted by Crippen LogP contribution is 2.68. The Morgan fingerprint density at radius 1 is 1.08 bits per heavy atom. The van der Waals surface area contributed by atoms with Crippen LogP contribution in [0.15, 0.2) is 24.3 Å². The van der Waals surface area contributed by atoms with Crippen LogP contribution in [0.1, 0.15) is 66.2 Å². The van der Waals surface area contributed by atoms with Crippen LogP contribution in [0.25, 0.3) is 0 Å². The number of carbonyl (C=O) groups is 3. The van der Waals surface area contributed by atoms with Crippen molar-refractivity contribution in [2.75, 3.05) is 43.0 Å². The molecule has 0 radical (unpaired) electrons. The first-order valence-corrected chi connectivity index (χ1v) is 15.7. The number of aliphatic hydroxyl groups excluding tert-OH is 1. The van der Waals surface area contributed by atoms with Crippen LogP contribution in [-0.2, 0) is 14.4 Å². The van der Waals surface area contributed by atoms with E-state index in [9.17, 15) is 14.4 Å². The number of nitrogens with one attached hydrogen (secondary N) is 2. The Bertz CT molecular complexity index is 1020. The molecule has 1 aromatic rings. The molecule has 0 saturated carbocycles. The van der Waals surface area contributed by atoms with E-state index < -0.39 is 22.6 Å². The number of rotatable bonds is 14. The van der Waals surface area contributed by atoms with E-state index in [4.69, 9.17) is 5.11 Å². The third kappa shape index (κ3) is 5.53. The number of thioether (sulfide) groups is 1. The van der Waals surface area contributed by atoms with Crippen LogP contribution in [-0.4, -0.2) is 76.6 Å². The van der Waals surface area contributed by atoms with Gasteiger partial charge in [-0.25, -0.2) is 0 Å². The van der Waals surface area contributed by atoms with Gasteiger partial charge in [-0.05, 0) is 69.7 Å². The largest absolute Gasteiger partial charge is 0.396 e. The van der Waals surface area contributed by atoms with Crippen molar-refractivity contribution in [3.05, 3.63) is 24.3 Å². The van der Waals surface area contributed by atoms with E-state index in [1.54, 1.807) is 16.7 Å². The number of amides is 3. The summed E-state index contributed by atoms with van der Waals surface area (Å²) in [7, 11) is 0. The summed E-state index contributed by atoms with van der Waals surface area (Å²) in [5, 5.41) is 15.4. The van der Waals surface area contributed by atoms with E-state index >= 15 is 0 Å². The molecule has 0 aromatic heterocycles. The fraction of sp³-hybridized carbons (Fsp3) is 0.700. The molecule has 1 aromatic carbocycles. The van der Waals surface area contributed by atoms with Gasteiger partial charge in [0.1, 0.15) is 6.04 Å². The minimum atomic E-state index is -0.621. The number of nitrogens with zero attached hydrogens (tertiary/aromatic N) is 2. The summed E-state index contributed by atoms with van der Waals surface area (Å²) in [4.78, 5) is 45.5. The second kappa shape index (κ2) is 12.9. The zero-order chi connectivity index (χ0) is 28.2. The normalized spacial score (nSPS) is 29.0. The van der Waals surface area contributed by atoms with Crippen molar-refractivity contribution >= 4 is 40.9 Å².